The Morgan fingerprint density at radius 1 is 1.44 bits per heavy atom. The maximum absolute atomic E-state index is 5.76. The third-order valence-corrected chi connectivity index (χ3v) is 3.02. The fraction of sp³-hybridized carbons (Fsp3) is 0.273. The molecule has 4 N–H and O–H groups in total. The summed E-state index contributed by atoms with van der Waals surface area (Å²) in [5.74, 6) is 0.686. The number of hydrogen-bond acceptors (Lipinski definition) is 3. The number of hydrogen-bond donors (Lipinski definition) is 2. The number of nitrogens with two attached hydrogens (primary N) is 2. The van der Waals surface area contributed by atoms with Gasteiger partial charge in [-0.25, -0.2) is 0 Å². The summed E-state index contributed by atoms with van der Waals surface area (Å²) in [5, 5.41) is 7.37. The van der Waals surface area contributed by atoms with E-state index in [-0.39, 0.29) is 12.1 Å². The summed E-state index contributed by atoms with van der Waals surface area (Å²) in [6, 6.07) is 3.86. The van der Waals surface area contributed by atoms with Crippen molar-refractivity contribution in [2.24, 2.45) is 21.7 Å². The summed E-state index contributed by atoms with van der Waals surface area (Å²) in [7, 11) is 0. The van der Waals surface area contributed by atoms with Gasteiger partial charge in [0, 0.05) is 10.0 Å². The highest BCUT2D eigenvalue weighted by atomic mass is 127. The van der Waals surface area contributed by atoms with E-state index < -0.39 is 0 Å². The van der Waals surface area contributed by atoms with E-state index in [2.05, 4.69) is 48.7 Å². The van der Waals surface area contributed by atoms with Crippen LogP contribution in [0.2, 0.25) is 0 Å². The number of halogens is 2. The number of nitrogens with zero attached hydrogens (tertiary/aromatic N) is 2. The first kappa shape index (κ1) is 15.2. The maximum atomic E-state index is 5.76. The molecule has 18 heavy (non-hydrogen) atoms. The van der Waals surface area contributed by atoms with Crippen LogP contribution < -0.4 is 16.2 Å². The summed E-state index contributed by atoms with van der Waals surface area (Å²) in [6.07, 6.45) is 1.64. The molecule has 0 atom stereocenters. The minimum Gasteiger partial charge on any atom is -0.489 e. The second-order valence-electron chi connectivity index (χ2n) is 3.74. The standard InChI is InChI=1S/C11H14BrIN4O/c1-6(2)18-10-7(5-16-17-11(14)15)3-8(12)4-9(10)13/h3-6H,1-2H3,(H4,14,15,17). The highest BCUT2D eigenvalue weighted by Gasteiger charge is 2.10. The predicted molar refractivity (Wildman–Crippen MR) is 86.0 cm³/mol. The van der Waals surface area contributed by atoms with Crippen LogP contribution in [0.3, 0.4) is 0 Å². The molecule has 0 aliphatic heterocycles. The number of guanidine groups is 1. The van der Waals surface area contributed by atoms with Gasteiger partial charge in [-0.15, -0.1) is 5.10 Å². The highest BCUT2D eigenvalue weighted by Crippen LogP contribution is 2.29. The zero-order valence-corrected chi connectivity index (χ0v) is 13.8. The average Bonchev–Trinajstić information content (AvgIpc) is 2.22. The molecule has 5 nitrogen and oxygen atoms in total. The van der Waals surface area contributed by atoms with Gasteiger partial charge in [0.1, 0.15) is 5.75 Å². The number of ether oxygens (including phenoxy) is 1. The van der Waals surface area contributed by atoms with Crippen molar-refractivity contribution in [1.29, 1.82) is 0 Å². The Morgan fingerprint density at radius 2 is 2.11 bits per heavy atom. The molecule has 0 aliphatic carbocycles. The van der Waals surface area contributed by atoms with Gasteiger partial charge in [0.2, 0.25) is 5.96 Å². The Labute approximate surface area is 128 Å². The summed E-state index contributed by atoms with van der Waals surface area (Å²) in [5.41, 5.74) is 11.2. The van der Waals surface area contributed by atoms with Gasteiger partial charge >= 0.3 is 0 Å². The molecule has 1 rings (SSSR count). The van der Waals surface area contributed by atoms with E-state index in [1.165, 1.54) is 0 Å². The van der Waals surface area contributed by atoms with Crippen molar-refractivity contribution in [3.63, 3.8) is 0 Å². The van der Waals surface area contributed by atoms with Gasteiger partial charge in [0.05, 0.1) is 15.9 Å². The first-order valence-corrected chi connectivity index (χ1v) is 7.05. The second kappa shape index (κ2) is 6.93. The van der Waals surface area contributed by atoms with E-state index in [9.17, 15) is 0 Å². The molecule has 0 amide bonds. The summed E-state index contributed by atoms with van der Waals surface area (Å²) >= 11 is 5.64. The molecule has 98 valence electrons. The van der Waals surface area contributed by atoms with Crippen molar-refractivity contribution in [3.05, 3.63) is 25.7 Å². The van der Waals surface area contributed by atoms with Gasteiger partial charge in [0.15, 0.2) is 0 Å². The van der Waals surface area contributed by atoms with Crippen molar-refractivity contribution in [2.75, 3.05) is 0 Å². The Balaban J connectivity index is 3.15. The fourth-order valence-electron chi connectivity index (χ4n) is 1.19. The van der Waals surface area contributed by atoms with Crippen molar-refractivity contribution in [1.82, 2.24) is 0 Å². The average molecular weight is 425 g/mol. The van der Waals surface area contributed by atoms with Crippen LogP contribution in [0.1, 0.15) is 19.4 Å². The van der Waals surface area contributed by atoms with Crippen molar-refractivity contribution >= 4 is 50.7 Å². The number of benzene rings is 1. The molecular weight excluding hydrogens is 411 g/mol. The Bertz CT molecular complexity index is 484. The minimum absolute atomic E-state index is 0.0786. The van der Waals surface area contributed by atoms with E-state index in [0.29, 0.717) is 0 Å². The molecule has 1 aromatic carbocycles. The second-order valence-corrected chi connectivity index (χ2v) is 5.82. The molecule has 0 fully saturated rings. The van der Waals surface area contributed by atoms with E-state index in [0.717, 1.165) is 19.4 Å². The molecule has 0 saturated heterocycles. The molecule has 0 aliphatic rings. The van der Waals surface area contributed by atoms with Crippen LogP contribution in [0.25, 0.3) is 0 Å². The van der Waals surface area contributed by atoms with Crippen molar-refractivity contribution in [3.8, 4) is 5.75 Å². The molecule has 0 bridgehead atoms. The summed E-state index contributed by atoms with van der Waals surface area (Å²) < 4.78 is 7.68. The molecule has 0 heterocycles. The Hall–Kier alpha value is -0.830. The SMILES string of the molecule is CC(C)Oc1c(I)cc(Br)cc1C=NN=C(N)N. The molecule has 0 aromatic heterocycles. The lowest BCUT2D eigenvalue weighted by molar-refractivity contribution is 0.240. The predicted octanol–water partition coefficient (Wildman–Crippen LogP) is 2.45. The van der Waals surface area contributed by atoms with Gasteiger partial charge in [-0.1, -0.05) is 15.9 Å². The number of rotatable bonds is 4. The van der Waals surface area contributed by atoms with Crippen LogP contribution in [0.15, 0.2) is 26.8 Å². The smallest absolute Gasteiger partial charge is 0.211 e. The van der Waals surface area contributed by atoms with Gasteiger partial charge in [0.25, 0.3) is 0 Å². The Morgan fingerprint density at radius 3 is 2.67 bits per heavy atom. The molecule has 0 unspecified atom stereocenters. The Kier molecular flexibility index (Phi) is 5.86. The van der Waals surface area contributed by atoms with E-state index in [4.69, 9.17) is 16.2 Å². The zero-order chi connectivity index (χ0) is 13.7. The van der Waals surface area contributed by atoms with Crippen LogP contribution in [0.5, 0.6) is 5.75 Å². The normalized spacial score (nSPS) is 10.9. The molecule has 1 aromatic rings. The van der Waals surface area contributed by atoms with Gasteiger partial charge in [-0.2, -0.15) is 5.10 Å². The van der Waals surface area contributed by atoms with E-state index in [1.54, 1.807) is 6.21 Å². The molecule has 0 radical (unpaired) electrons. The van der Waals surface area contributed by atoms with Gasteiger partial charge in [-0.05, 0) is 48.6 Å². The van der Waals surface area contributed by atoms with Crippen LogP contribution >= 0.6 is 38.5 Å². The first-order valence-electron chi connectivity index (χ1n) is 5.18. The van der Waals surface area contributed by atoms with E-state index in [1.807, 2.05) is 26.0 Å². The highest BCUT2D eigenvalue weighted by molar-refractivity contribution is 14.1. The summed E-state index contributed by atoms with van der Waals surface area (Å²) in [6.45, 7) is 3.93. The van der Waals surface area contributed by atoms with Gasteiger partial charge in [-0.3, -0.25) is 0 Å². The fourth-order valence-corrected chi connectivity index (χ4v) is 2.87. The van der Waals surface area contributed by atoms with Crippen LogP contribution in [0.4, 0.5) is 0 Å². The topological polar surface area (TPSA) is 86.0 Å². The molecule has 0 spiro atoms. The summed E-state index contributed by atoms with van der Waals surface area (Å²) in [4.78, 5) is 0. The maximum Gasteiger partial charge on any atom is 0.211 e. The van der Waals surface area contributed by atoms with Gasteiger partial charge < -0.3 is 16.2 Å². The van der Waals surface area contributed by atoms with E-state index >= 15 is 0 Å². The van der Waals surface area contributed by atoms with Crippen LogP contribution in [-0.4, -0.2) is 18.3 Å². The molecule has 0 saturated carbocycles. The van der Waals surface area contributed by atoms with Crippen LogP contribution in [-0.2, 0) is 0 Å². The quantitative estimate of drug-likeness (QED) is 0.337. The minimum atomic E-state index is -0.0812. The zero-order valence-electron chi connectivity index (χ0n) is 10.0. The molecular formula is C11H14BrIN4O. The largest absolute Gasteiger partial charge is 0.489 e. The lowest BCUT2D eigenvalue weighted by Crippen LogP contribution is -2.21. The lowest BCUT2D eigenvalue weighted by atomic mass is 10.2. The third kappa shape index (κ3) is 4.81. The monoisotopic (exact) mass is 424 g/mol. The molecule has 7 heteroatoms. The first-order chi connectivity index (χ1) is 8.40. The van der Waals surface area contributed by atoms with Crippen molar-refractivity contribution < 1.29 is 4.74 Å². The van der Waals surface area contributed by atoms with Crippen LogP contribution in [0, 0.1) is 3.57 Å². The van der Waals surface area contributed by atoms with Crippen molar-refractivity contribution in [2.45, 2.75) is 20.0 Å². The third-order valence-electron chi connectivity index (χ3n) is 1.76. The lowest BCUT2D eigenvalue weighted by Gasteiger charge is -2.14.